The van der Waals surface area contributed by atoms with Gasteiger partial charge in [0.05, 0.1) is 0 Å². The largest absolute Gasteiger partial charge is 0.356 e. The van der Waals surface area contributed by atoms with E-state index in [4.69, 9.17) is 23.8 Å². The summed E-state index contributed by atoms with van der Waals surface area (Å²) < 4.78 is 0. The summed E-state index contributed by atoms with van der Waals surface area (Å²) in [4.78, 5) is 0. The van der Waals surface area contributed by atoms with Crippen molar-refractivity contribution in [3.63, 3.8) is 0 Å². The fourth-order valence-corrected chi connectivity index (χ4v) is 0.671. The van der Waals surface area contributed by atoms with E-state index < -0.39 is 0 Å². The van der Waals surface area contributed by atoms with E-state index in [1.807, 2.05) is 13.8 Å². The number of hydrogen-bond donors (Lipinski definition) is 4. The molecule has 0 bridgehead atoms. The van der Waals surface area contributed by atoms with Crippen LogP contribution in [0.15, 0.2) is 0 Å². The normalized spacial score (nSPS) is 10.8. The lowest BCUT2D eigenvalue weighted by atomic mass is 10.1. The molecule has 0 saturated heterocycles. The van der Waals surface area contributed by atoms with Crippen LogP contribution in [0.5, 0.6) is 0 Å². The molecule has 0 aromatic carbocycles. The summed E-state index contributed by atoms with van der Waals surface area (Å²) in [5, 5.41) is 3.34. The summed E-state index contributed by atoms with van der Waals surface area (Å²) in [5.74, 6) is 5.04. The zero-order valence-corrected chi connectivity index (χ0v) is 7.09. The van der Waals surface area contributed by atoms with Crippen molar-refractivity contribution in [3.05, 3.63) is 0 Å². The van der Waals surface area contributed by atoms with Crippen LogP contribution in [0.3, 0.4) is 0 Å². The first-order chi connectivity index (χ1) is 4.52. The molecular weight excluding hydrogens is 148 g/mol. The van der Waals surface area contributed by atoms with E-state index in [-0.39, 0.29) is 5.54 Å². The van der Waals surface area contributed by atoms with Crippen LogP contribution in [0.1, 0.15) is 13.8 Å². The molecule has 6 N–H and O–H groups in total. The van der Waals surface area contributed by atoms with E-state index in [0.717, 1.165) is 0 Å². The maximum Gasteiger partial charge on any atom is 0.181 e. The number of nitrogens with one attached hydrogen (secondary N) is 2. The SMILES string of the molecule is CC(C)(CN)NC(=S)NN. The van der Waals surface area contributed by atoms with Gasteiger partial charge in [-0.25, -0.2) is 5.84 Å². The molecule has 5 heteroatoms. The minimum atomic E-state index is -0.191. The van der Waals surface area contributed by atoms with Crippen LogP contribution in [-0.2, 0) is 0 Å². The third-order valence-corrected chi connectivity index (χ3v) is 1.31. The predicted molar refractivity (Wildman–Crippen MR) is 46.2 cm³/mol. The van der Waals surface area contributed by atoms with Gasteiger partial charge in [-0.15, -0.1) is 0 Å². The Morgan fingerprint density at radius 3 is 2.40 bits per heavy atom. The molecule has 0 fully saturated rings. The molecule has 0 heterocycles. The van der Waals surface area contributed by atoms with Crippen LogP contribution >= 0.6 is 12.2 Å². The highest BCUT2D eigenvalue weighted by Crippen LogP contribution is 1.96. The Morgan fingerprint density at radius 2 is 2.10 bits per heavy atom. The smallest absolute Gasteiger partial charge is 0.181 e. The van der Waals surface area contributed by atoms with Gasteiger partial charge in [0.1, 0.15) is 0 Å². The molecule has 0 aliphatic rings. The Bertz CT molecular complexity index is 123. The van der Waals surface area contributed by atoms with Gasteiger partial charge >= 0.3 is 0 Å². The topological polar surface area (TPSA) is 76.1 Å². The fraction of sp³-hybridized carbons (Fsp3) is 0.800. The highest BCUT2D eigenvalue weighted by atomic mass is 32.1. The number of rotatable bonds is 2. The fourth-order valence-electron chi connectivity index (χ4n) is 0.394. The molecule has 60 valence electrons. The molecule has 0 aliphatic heterocycles. The summed E-state index contributed by atoms with van der Waals surface area (Å²) in [5.41, 5.74) is 7.55. The molecular formula is C5H14N4S. The Balaban J connectivity index is 3.76. The van der Waals surface area contributed by atoms with Crippen molar-refractivity contribution >= 4 is 17.3 Å². The zero-order chi connectivity index (χ0) is 8.20. The first kappa shape index (κ1) is 9.61. The van der Waals surface area contributed by atoms with Crippen LogP contribution < -0.4 is 22.3 Å². The maximum atomic E-state index is 5.42. The van der Waals surface area contributed by atoms with Crippen LogP contribution in [-0.4, -0.2) is 17.2 Å². The van der Waals surface area contributed by atoms with Crippen molar-refractivity contribution < 1.29 is 0 Å². The lowest BCUT2D eigenvalue weighted by Crippen LogP contribution is -2.53. The highest BCUT2D eigenvalue weighted by molar-refractivity contribution is 7.80. The van der Waals surface area contributed by atoms with E-state index in [1.165, 1.54) is 0 Å². The summed E-state index contributed by atoms with van der Waals surface area (Å²) in [6, 6.07) is 0. The van der Waals surface area contributed by atoms with E-state index in [9.17, 15) is 0 Å². The van der Waals surface area contributed by atoms with Crippen molar-refractivity contribution in [1.29, 1.82) is 0 Å². The predicted octanol–water partition coefficient (Wildman–Crippen LogP) is -0.938. The average molecular weight is 162 g/mol. The quantitative estimate of drug-likeness (QED) is 0.239. The number of thiocarbonyl (C=S) groups is 1. The van der Waals surface area contributed by atoms with Crippen molar-refractivity contribution in [1.82, 2.24) is 10.7 Å². The van der Waals surface area contributed by atoms with Gasteiger partial charge < -0.3 is 16.5 Å². The molecule has 0 rings (SSSR count). The number of hydrogen-bond acceptors (Lipinski definition) is 3. The Kier molecular flexibility index (Phi) is 3.55. The minimum absolute atomic E-state index is 0.191. The van der Waals surface area contributed by atoms with Gasteiger partial charge in [0.25, 0.3) is 0 Å². The van der Waals surface area contributed by atoms with E-state index in [1.54, 1.807) is 0 Å². The first-order valence-corrected chi connectivity index (χ1v) is 3.41. The zero-order valence-electron chi connectivity index (χ0n) is 6.27. The molecule has 0 aromatic rings. The van der Waals surface area contributed by atoms with Gasteiger partial charge in [0, 0.05) is 12.1 Å². The van der Waals surface area contributed by atoms with Crippen molar-refractivity contribution in [2.45, 2.75) is 19.4 Å². The average Bonchev–Trinajstić information content (AvgIpc) is 1.87. The standard InChI is InChI=1S/C5H14N4S/c1-5(2,3-6)8-4(10)9-7/h3,6-7H2,1-2H3,(H2,8,9,10). The number of nitrogens with two attached hydrogens (primary N) is 2. The molecule has 0 spiro atoms. The second-order valence-electron chi connectivity index (χ2n) is 2.69. The summed E-state index contributed by atoms with van der Waals surface area (Å²) in [6.07, 6.45) is 0. The minimum Gasteiger partial charge on any atom is -0.356 e. The second kappa shape index (κ2) is 3.70. The van der Waals surface area contributed by atoms with Gasteiger partial charge in [-0.05, 0) is 26.1 Å². The second-order valence-corrected chi connectivity index (χ2v) is 3.09. The Morgan fingerprint density at radius 1 is 1.60 bits per heavy atom. The molecule has 0 amide bonds. The summed E-state index contributed by atoms with van der Waals surface area (Å²) >= 11 is 4.77. The molecule has 0 atom stereocenters. The van der Waals surface area contributed by atoms with Crippen LogP contribution in [0.4, 0.5) is 0 Å². The molecule has 0 radical (unpaired) electrons. The number of hydrazine groups is 1. The lowest BCUT2D eigenvalue weighted by molar-refractivity contribution is 0.470. The van der Waals surface area contributed by atoms with Crippen LogP contribution in [0.2, 0.25) is 0 Å². The van der Waals surface area contributed by atoms with Gasteiger partial charge in [0.15, 0.2) is 5.11 Å². The van der Waals surface area contributed by atoms with Crippen molar-refractivity contribution in [2.75, 3.05) is 6.54 Å². The Labute approximate surface area is 66.3 Å². The van der Waals surface area contributed by atoms with Gasteiger partial charge in [-0.2, -0.15) is 0 Å². The molecule has 10 heavy (non-hydrogen) atoms. The first-order valence-electron chi connectivity index (χ1n) is 3.00. The van der Waals surface area contributed by atoms with E-state index in [0.29, 0.717) is 11.7 Å². The monoisotopic (exact) mass is 162 g/mol. The third kappa shape index (κ3) is 3.60. The third-order valence-electron chi connectivity index (χ3n) is 1.09. The van der Waals surface area contributed by atoms with Crippen molar-refractivity contribution in [2.24, 2.45) is 11.6 Å². The molecule has 0 unspecified atom stereocenters. The van der Waals surface area contributed by atoms with Gasteiger partial charge in [0.2, 0.25) is 0 Å². The maximum absolute atomic E-state index is 5.42. The van der Waals surface area contributed by atoms with Crippen molar-refractivity contribution in [3.8, 4) is 0 Å². The summed E-state index contributed by atoms with van der Waals surface area (Å²) in [7, 11) is 0. The van der Waals surface area contributed by atoms with E-state index >= 15 is 0 Å². The highest BCUT2D eigenvalue weighted by Gasteiger charge is 2.14. The van der Waals surface area contributed by atoms with Gasteiger partial charge in [-0.3, -0.25) is 0 Å². The van der Waals surface area contributed by atoms with Crippen LogP contribution in [0, 0.1) is 0 Å². The molecule has 0 aliphatic carbocycles. The molecule has 0 saturated carbocycles. The molecule has 0 aromatic heterocycles. The van der Waals surface area contributed by atoms with Gasteiger partial charge in [-0.1, -0.05) is 0 Å². The Hall–Kier alpha value is -0.390. The van der Waals surface area contributed by atoms with Crippen LogP contribution in [0.25, 0.3) is 0 Å². The molecule has 4 nitrogen and oxygen atoms in total. The van der Waals surface area contributed by atoms with E-state index in [2.05, 4.69) is 10.7 Å². The lowest BCUT2D eigenvalue weighted by Gasteiger charge is -2.25. The summed E-state index contributed by atoms with van der Waals surface area (Å²) in [6.45, 7) is 4.39.